The van der Waals surface area contributed by atoms with Gasteiger partial charge in [0.25, 0.3) is 5.91 Å². The molecule has 3 aromatic rings. The largest absolute Gasteiger partial charge is 0.366 e. The van der Waals surface area contributed by atoms with Gasteiger partial charge in [-0.1, -0.05) is 29.8 Å². The molecule has 2 aromatic carbocycles. The minimum Gasteiger partial charge on any atom is -0.366 e. The lowest BCUT2D eigenvalue weighted by Crippen LogP contribution is -2.49. The Morgan fingerprint density at radius 3 is 2.55 bits per heavy atom. The Balaban J connectivity index is 1.51. The van der Waals surface area contributed by atoms with Gasteiger partial charge in [0.2, 0.25) is 5.91 Å². The third-order valence-electron chi connectivity index (χ3n) is 5.71. The van der Waals surface area contributed by atoms with Gasteiger partial charge < -0.3 is 24.9 Å². The van der Waals surface area contributed by atoms with E-state index >= 15 is 0 Å². The molecule has 2 heterocycles. The second-order valence-corrected chi connectivity index (χ2v) is 8.26. The number of nitrogens with one attached hydrogen (secondary N) is 2. The van der Waals surface area contributed by atoms with Crippen LogP contribution in [0, 0.1) is 5.82 Å². The first-order valence-electron chi connectivity index (χ1n) is 10.7. The van der Waals surface area contributed by atoms with E-state index in [9.17, 15) is 14.0 Å². The summed E-state index contributed by atoms with van der Waals surface area (Å²) >= 11 is 6.17. The molecule has 1 saturated heterocycles. The van der Waals surface area contributed by atoms with Gasteiger partial charge in [-0.2, -0.15) is 0 Å². The molecule has 8 nitrogen and oxygen atoms in total. The van der Waals surface area contributed by atoms with Crippen LogP contribution in [-0.4, -0.2) is 65.8 Å². The van der Waals surface area contributed by atoms with Crippen molar-refractivity contribution in [2.24, 2.45) is 0 Å². The van der Waals surface area contributed by atoms with Crippen molar-refractivity contribution in [1.29, 1.82) is 0 Å². The minimum absolute atomic E-state index is 0.0105. The fourth-order valence-electron chi connectivity index (χ4n) is 4.06. The molecule has 1 aliphatic heterocycles. The van der Waals surface area contributed by atoms with Gasteiger partial charge in [-0.25, -0.2) is 9.87 Å². The molecule has 2 amide bonds. The summed E-state index contributed by atoms with van der Waals surface area (Å²) in [4.78, 5) is 29.3. The van der Waals surface area contributed by atoms with E-state index in [1.807, 2.05) is 10.4 Å². The minimum atomic E-state index is -0.273. The number of aromatic nitrogens is 1. The molecule has 0 aliphatic carbocycles. The zero-order valence-electron chi connectivity index (χ0n) is 17.9. The molecule has 0 radical (unpaired) electrons. The second-order valence-electron chi connectivity index (χ2n) is 7.82. The smallest absolute Gasteiger partial charge is 0.256 e. The molecule has 0 atom stereocenters. The van der Waals surface area contributed by atoms with Gasteiger partial charge in [-0.05, 0) is 24.3 Å². The van der Waals surface area contributed by atoms with Crippen molar-refractivity contribution in [3.05, 3.63) is 65.1 Å². The van der Waals surface area contributed by atoms with E-state index in [-0.39, 0.29) is 37.3 Å². The van der Waals surface area contributed by atoms with Crippen LogP contribution in [0.5, 0.6) is 0 Å². The third kappa shape index (κ3) is 5.11. The second kappa shape index (κ2) is 10.2. The lowest BCUT2D eigenvalue weighted by Gasteiger charge is -2.36. The summed E-state index contributed by atoms with van der Waals surface area (Å²) in [7, 11) is 0. The number of rotatable bonds is 7. The summed E-state index contributed by atoms with van der Waals surface area (Å²) in [5, 5.41) is 12.5. The van der Waals surface area contributed by atoms with Crippen molar-refractivity contribution in [1.82, 2.24) is 20.3 Å². The van der Waals surface area contributed by atoms with E-state index in [4.69, 9.17) is 16.8 Å². The number of carbonyl (C=O) groups is 2. The zero-order valence-corrected chi connectivity index (χ0v) is 18.7. The van der Waals surface area contributed by atoms with Gasteiger partial charge in [0.05, 0.1) is 16.8 Å². The molecule has 33 heavy (non-hydrogen) atoms. The topological polar surface area (TPSA) is 89.8 Å². The van der Waals surface area contributed by atoms with Crippen LogP contribution in [0.2, 0.25) is 5.02 Å². The van der Waals surface area contributed by atoms with Crippen LogP contribution < -0.4 is 15.7 Å². The van der Waals surface area contributed by atoms with E-state index in [1.54, 1.807) is 52.1 Å². The van der Waals surface area contributed by atoms with Crippen LogP contribution in [0.1, 0.15) is 10.4 Å². The molecular weight excluding hydrogens is 449 g/mol. The van der Waals surface area contributed by atoms with Crippen molar-refractivity contribution in [3.63, 3.8) is 0 Å². The van der Waals surface area contributed by atoms with E-state index in [1.165, 1.54) is 6.07 Å². The number of para-hydroxylation sites is 1. The number of nitrogens with zero attached hydrogens (tertiary/aromatic N) is 3. The number of piperazine rings is 1. The number of hydroxylamine groups is 1. The molecule has 0 bridgehead atoms. The Labute approximate surface area is 195 Å². The number of halogens is 2. The van der Waals surface area contributed by atoms with Gasteiger partial charge in [0.1, 0.15) is 12.4 Å². The average Bonchev–Trinajstić information content (AvgIpc) is 3.16. The monoisotopic (exact) mass is 473 g/mol. The first kappa shape index (κ1) is 23.0. The van der Waals surface area contributed by atoms with Crippen molar-refractivity contribution >= 4 is 40.0 Å². The molecule has 174 valence electrons. The number of fused-ring (bicyclic) bond motifs is 1. The Morgan fingerprint density at radius 1 is 1.06 bits per heavy atom. The van der Waals surface area contributed by atoms with Crippen LogP contribution in [0.4, 0.5) is 10.1 Å². The maximum absolute atomic E-state index is 14.1. The Hall–Kier alpha value is -3.14. The quantitative estimate of drug-likeness (QED) is 0.362. The summed E-state index contributed by atoms with van der Waals surface area (Å²) in [6.07, 6.45) is 1.68. The molecule has 4 rings (SSSR count). The average molecular weight is 474 g/mol. The molecule has 1 fully saturated rings. The standard InChI is InChI=1S/C23H25ClFN5O3/c24-16-5-6-17-18(14-30(21(17)13-16)15-22(31)26-7-8-27-33)23(32)29-11-9-28(10-12-29)20-4-2-1-3-19(20)25/h1-6,13-14,27,33H,7-12,15H2,(H,26,31). The Kier molecular flexibility index (Phi) is 7.12. The molecule has 10 heteroatoms. The summed E-state index contributed by atoms with van der Waals surface area (Å²) in [6, 6.07) is 11.9. The van der Waals surface area contributed by atoms with Crippen molar-refractivity contribution in [2.45, 2.75) is 6.54 Å². The predicted molar refractivity (Wildman–Crippen MR) is 124 cm³/mol. The number of hydrogen-bond acceptors (Lipinski definition) is 5. The summed E-state index contributed by atoms with van der Waals surface area (Å²) in [6.45, 7) is 2.48. The normalized spacial score (nSPS) is 14.0. The van der Waals surface area contributed by atoms with Gasteiger partial charge in [0, 0.05) is 55.9 Å². The highest BCUT2D eigenvalue weighted by atomic mass is 35.5. The fourth-order valence-corrected chi connectivity index (χ4v) is 4.23. The van der Waals surface area contributed by atoms with E-state index in [0.717, 1.165) is 0 Å². The third-order valence-corrected chi connectivity index (χ3v) is 5.94. The SMILES string of the molecule is O=C(Cn1cc(C(=O)N2CCN(c3ccccc3F)CC2)c2ccc(Cl)cc21)NCCNO. The Morgan fingerprint density at radius 2 is 1.82 bits per heavy atom. The molecule has 0 unspecified atom stereocenters. The van der Waals surface area contributed by atoms with Crippen LogP contribution in [-0.2, 0) is 11.3 Å². The van der Waals surface area contributed by atoms with Crippen LogP contribution in [0.25, 0.3) is 10.9 Å². The zero-order chi connectivity index (χ0) is 23.4. The summed E-state index contributed by atoms with van der Waals surface area (Å²) < 4.78 is 15.8. The summed E-state index contributed by atoms with van der Waals surface area (Å²) in [5.41, 5.74) is 3.70. The van der Waals surface area contributed by atoms with Crippen LogP contribution in [0.3, 0.4) is 0 Å². The van der Waals surface area contributed by atoms with Crippen molar-refractivity contribution < 1.29 is 19.2 Å². The summed E-state index contributed by atoms with van der Waals surface area (Å²) in [5.74, 6) is -0.663. The molecule has 0 spiro atoms. The lowest BCUT2D eigenvalue weighted by molar-refractivity contribution is -0.121. The number of benzene rings is 2. The molecular formula is C23H25ClFN5O3. The molecule has 0 saturated carbocycles. The van der Waals surface area contributed by atoms with E-state index < -0.39 is 0 Å². The maximum atomic E-state index is 14.1. The highest BCUT2D eigenvalue weighted by Crippen LogP contribution is 2.27. The molecule has 1 aromatic heterocycles. The van der Waals surface area contributed by atoms with Gasteiger partial charge in [0.15, 0.2) is 0 Å². The first-order valence-corrected chi connectivity index (χ1v) is 11.1. The van der Waals surface area contributed by atoms with Gasteiger partial charge >= 0.3 is 0 Å². The van der Waals surface area contributed by atoms with Crippen molar-refractivity contribution in [2.75, 3.05) is 44.2 Å². The number of carbonyl (C=O) groups excluding carboxylic acids is 2. The molecule has 3 N–H and O–H groups in total. The van der Waals surface area contributed by atoms with Crippen LogP contribution in [0.15, 0.2) is 48.7 Å². The highest BCUT2D eigenvalue weighted by Gasteiger charge is 2.26. The lowest BCUT2D eigenvalue weighted by atomic mass is 10.1. The van der Waals surface area contributed by atoms with E-state index in [0.29, 0.717) is 53.4 Å². The first-order chi connectivity index (χ1) is 16.0. The maximum Gasteiger partial charge on any atom is 0.256 e. The number of anilines is 1. The van der Waals surface area contributed by atoms with Crippen molar-refractivity contribution in [3.8, 4) is 0 Å². The Bertz CT molecular complexity index is 1160. The van der Waals surface area contributed by atoms with Gasteiger partial charge in [-0.3, -0.25) is 9.59 Å². The molecule has 1 aliphatic rings. The predicted octanol–water partition coefficient (Wildman–Crippen LogP) is 2.49. The van der Waals surface area contributed by atoms with Crippen LogP contribution >= 0.6 is 11.6 Å². The van der Waals surface area contributed by atoms with E-state index in [2.05, 4.69) is 5.32 Å². The number of hydrogen-bond donors (Lipinski definition) is 3. The number of amides is 2. The fraction of sp³-hybridized carbons (Fsp3) is 0.304. The van der Waals surface area contributed by atoms with Gasteiger partial charge in [-0.15, -0.1) is 0 Å². The highest BCUT2D eigenvalue weighted by molar-refractivity contribution is 6.31.